The van der Waals surface area contributed by atoms with Crippen molar-refractivity contribution in [2.45, 2.75) is 0 Å². The molecule has 0 saturated heterocycles. The quantitative estimate of drug-likeness (QED) is 0.251. The van der Waals surface area contributed by atoms with Crippen molar-refractivity contribution in [1.82, 2.24) is 0 Å². The highest BCUT2D eigenvalue weighted by atomic mass is 32.1. The highest BCUT2D eigenvalue weighted by Gasteiger charge is 2.13. The largest absolute Gasteiger partial charge is 0.395 e. The number of non-ortho nitro benzene ring substituents is 1. The Kier molecular flexibility index (Phi) is 3.52. The fourth-order valence-corrected chi connectivity index (χ4v) is 1.03. The lowest BCUT2D eigenvalue weighted by Gasteiger charge is -1.99. The summed E-state index contributed by atoms with van der Waals surface area (Å²) in [6, 6.07) is 1.90. The van der Waals surface area contributed by atoms with Crippen LogP contribution in [-0.2, 0) is 0 Å². The molecule has 4 nitrogen and oxygen atoms in total. The van der Waals surface area contributed by atoms with Crippen LogP contribution in [-0.4, -0.2) is 10.7 Å². The van der Waals surface area contributed by atoms with Gasteiger partial charge in [-0.1, -0.05) is 11.8 Å². The molecule has 0 aliphatic rings. The number of hydrogen-bond donors (Lipinski definition) is 2. The number of nitrogen functional groups attached to an aromatic ring is 1. The maximum atomic E-state index is 13.1. The molecule has 2 N–H and O–H groups in total. The molecule has 0 spiro atoms. The van der Waals surface area contributed by atoms with E-state index in [0.717, 1.165) is 12.1 Å². The Balaban J connectivity index is 3.31. The molecule has 6 heteroatoms. The molecular weight excluding hydrogens is 219 g/mol. The van der Waals surface area contributed by atoms with E-state index in [2.05, 4.69) is 24.5 Å². The summed E-state index contributed by atoms with van der Waals surface area (Å²) in [5.41, 5.74) is 4.92. The Labute approximate surface area is 90.8 Å². The molecule has 0 unspecified atom stereocenters. The maximum Gasteiger partial charge on any atom is 0.273 e. The van der Waals surface area contributed by atoms with E-state index in [-0.39, 0.29) is 22.7 Å². The zero-order valence-corrected chi connectivity index (χ0v) is 8.42. The molecular formula is C9H7FN2O2S. The molecule has 0 radical (unpaired) electrons. The van der Waals surface area contributed by atoms with E-state index < -0.39 is 10.7 Å². The van der Waals surface area contributed by atoms with Gasteiger partial charge in [0.25, 0.3) is 5.69 Å². The first kappa shape index (κ1) is 11.3. The van der Waals surface area contributed by atoms with Crippen LogP contribution in [0.15, 0.2) is 12.1 Å². The van der Waals surface area contributed by atoms with Crippen molar-refractivity contribution < 1.29 is 9.31 Å². The second-order valence-corrected chi connectivity index (χ2v) is 2.92. The second kappa shape index (κ2) is 4.66. The second-order valence-electron chi connectivity index (χ2n) is 2.61. The average Bonchev–Trinajstić information content (AvgIpc) is 2.19. The standard InChI is InChI=1S/C9H7FN2O2S/c10-8-5-7(12(13)14)4-6(9(8)11)2-1-3-15/h4-5,15H,3,11H2. The highest BCUT2D eigenvalue weighted by molar-refractivity contribution is 7.80. The van der Waals surface area contributed by atoms with E-state index in [9.17, 15) is 14.5 Å². The average molecular weight is 226 g/mol. The van der Waals surface area contributed by atoms with Gasteiger partial charge in [-0.3, -0.25) is 10.1 Å². The van der Waals surface area contributed by atoms with E-state index >= 15 is 0 Å². The van der Waals surface area contributed by atoms with Gasteiger partial charge in [0.15, 0.2) is 5.82 Å². The van der Waals surface area contributed by atoms with Gasteiger partial charge in [0, 0.05) is 6.07 Å². The number of anilines is 1. The minimum atomic E-state index is -0.840. The van der Waals surface area contributed by atoms with Gasteiger partial charge in [-0.25, -0.2) is 4.39 Å². The molecule has 0 saturated carbocycles. The van der Waals surface area contributed by atoms with Gasteiger partial charge in [-0.05, 0) is 0 Å². The molecule has 0 bridgehead atoms. The van der Waals surface area contributed by atoms with E-state index in [0.29, 0.717) is 0 Å². The van der Waals surface area contributed by atoms with Crippen LogP contribution in [0.1, 0.15) is 5.56 Å². The van der Waals surface area contributed by atoms with Gasteiger partial charge in [0.2, 0.25) is 0 Å². The number of hydrogen-bond acceptors (Lipinski definition) is 4. The van der Waals surface area contributed by atoms with Crippen molar-refractivity contribution in [3.8, 4) is 11.8 Å². The van der Waals surface area contributed by atoms with Crippen molar-refractivity contribution in [3.05, 3.63) is 33.6 Å². The number of nitrogens with zero attached hydrogens (tertiary/aromatic N) is 1. The smallest absolute Gasteiger partial charge is 0.273 e. The molecule has 0 aliphatic carbocycles. The summed E-state index contributed by atoms with van der Waals surface area (Å²) >= 11 is 3.84. The van der Waals surface area contributed by atoms with Crippen LogP contribution >= 0.6 is 12.6 Å². The predicted molar refractivity (Wildman–Crippen MR) is 58.2 cm³/mol. The van der Waals surface area contributed by atoms with Gasteiger partial charge in [-0.15, -0.1) is 0 Å². The third-order valence-electron chi connectivity index (χ3n) is 1.63. The lowest BCUT2D eigenvalue weighted by Crippen LogP contribution is -1.98. The highest BCUT2D eigenvalue weighted by Crippen LogP contribution is 2.22. The zero-order chi connectivity index (χ0) is 11.4. The van der Waals surface area contributed by atoms with Crippen LogP contribution < -0.4 is 5.73 Å². The summed E-state index contributed by atoms with van der Waals surface area (Å²) in [6.45, 7) is 0. The van der Waals surface area contributed by atoms with Gasteiger partial charge in [0.05, 0.1) is 28.0 Å². The van der Waals surface area contributed by atoms with Crippen molar-refractivity contribution in [2.24, 2.45) is 0 Å². The van der Waals surface area contributed by atoms with Crippen molar-refractivity contribution in [3.63, 3.8) is 0 Å². The molecule has 78 valence electrons. The summed E-state index contributed by atoms with van der Waals surface area (Å²) in [4.78, 5) is 9.73. The first-order valence-electron chi connectivity index (χ1n) is 3.89. The zero-order valence-electron chi connectivity index (χ0n) is 7.53. The van der Waals surface area contributed by atoms with Crippen LogP contribution in [0, 0.1) is 27.8 Å². The number of rotatable bonds is 1. The molecule has 0 amide bonds. The van der Waals surface area contributed by atoms with E-state index in [1.807, 2.05) is 0 Å². The predicted octanol–water partition coefficient (Wildman–Crippen LogP) is 1.60. The summed E-state index contributed by atoms with van der Waals surface area (Å²) in [5, 5.41) is 10.4. The Hall–Kier alpha value is -1.74. The van der Waals surface area contributed by atoms with Crippen molar-refractivity contribution in [2.75, 3.05) is 11.5 Å². The summed E-state index contributed by atoms with van der Waals surface area (Å²) in [7, 11) is 0. The molecule has 1 aromatic rings. The number of thiol groups is 1. The summed E-state index contributed by atoms with van der Waals surface area (Å²) < 4.78 is 13.1. The number of nitrogens with two attached hydrogens (primary N) is 1. The fourth-order valence-electron chi connectivity index (χ4n) is 0.947. The number of nitro groups is 1. The third-order valence-corrected chi connectivity index (χ3v) is 1.79. The molecule has 0 heterocycles. The van der Waals surface area contributed by atoms with Crippen LogP contribution in [0.3, 0.4) is 0 Å². The van der Waals surface area contributed by atoms with E-state index in [1.165, 1.54) is 0 Å². The van der Waals surface area contributed by atoms with Gasteiger partial charge < -0.3 is 5.73 Å². The lowest BCUT2D eigenvalue weighted by atomic mass is 10.1. The van der Waals surface area contributed by atoms with Crippen molar-refractivity contribution >= 4 is 24.0 Å². The normalized spacial score (nSPS) is 9.20. The molecule has 0 aliphatic heterocycles. The Morgan fingerprint density at radius 2 is 2.27 bits per heavy atom. The maximum absolute atomic E-state index is 13.1. The minimum Gasteiger partial charge on any atom is -0.395 e. The van der Waals surface area contributed by atoms with Crippen LogP contribution in [0.5, 0.6) is 0 Å². The SMILES string of the molecule is Nc1c(F)cc([N+](=O)[O-])cc1C#CCS. The Bertz CT molecular complexity index is 465. The molecule has 1 rings (SSSR count). The molecule has 0 fully saturated rings. The first-order valence-corrected chi connectivity index (χ1v) is 4.52. The lowest BCUT2D eigenvalue weighted by molar-refractivity contribution is -0.385. The third kappa shape index (κ3) is 2.60. The monoisotopic (exact) mass is 226 g/mol. The number of halogens is 1. The van der Waals surface area contributed by atoms with Crippen LogP contribution in [0.25, 0.3) is 0 Å². The molecule has 0 aromatic heterocycles. The topological polar surface area (TPSA) is 69.2 Å². The fraction of sp³-hybridized carbons (Fsp3) is 0.111. The molecule has 0 atom stereocenters. The first-order chi connectivity index (χ1) is 7.06. The minimum absolute atomic E-state index is 0.107. The molecule has 15 heavy (non-hydrogen) atoms. The van der Waals surface area contributed by atoms with Gasteiger partial charge in [-0.2, -0.15) is 12.6 Å². The number of benzene rings is 1. The van der Waals surface area contributed by atoms with Crippen LogP contribution in [0.2, 0.25) is 0 Å². The summed E-state index contributed by atoms with van der Waals surface area (Å²) in [5.74, 6) is 4.47. The summed E-state index contributed by atoms with van der Waals surface area (Å²) in [6.07, 6.45) is 0. The Morgan fingerprint density at radius 3 is 2.80 bits per heavy atom. The number of nitro benzene ring substituents is 1. The van der Waals surface area contributed by atoms with Crippen molar-refractivity contribution in [1.29, 1.82) is 0 Å². The van der Waals surface area contributed by atoms with Crippen LogP contribution in [0.4, 0.5) is 15.8 Å². The van der Waals surface area contributed by atoms with Gasteiger partial charge in [0.1, 0.15) is 0 Å². The van der Waals surface area contributed by atoms with Gasteiger partial charge >= 0.3 is 0 Å². The molecule has 1 aromatic carbocycles. The Morgan fingerprint density at radius 1 is 1.60 bits per heavy atom. The van der Waals surface area contributed by atoms with E-state index in [4.69, 9.17) is 5.73 Å². The van der Waals surface area contributed by atoms with E-state index in [1.54, 1.807) is 0 Å².